The highest BCUT2D eigenvalue weighted by Gasteiger charge is 2.19. The van der Waals surface area contributed by atoms with Crippen molar-refractivity contribution in [1.29, 1.82) is 0 Å². The molecule has 6 heteroatoms. The van der Waals surface area contributed by atoms with Gasteiger partial charge in [0.05, 0.1) is 0 Å². The van der Waals surface area contributed by atoms with Crippen LogP contribution < -0.4 is 16.6 Å². The molecule has 0 amide bonds. The normalized spacial score (nSPS) is 20.3. The van der Waals surface area contributed by atoms with Crippen molar-refractivity contribution in [3.05, 3.63) is 11.9 Å². The number of likely N-dealkylation sites (N-methyl/N-ethyl adjacent to an activating group) is 1. The van der Waals surface area contributed by atoms with Crippen LogP contribution in [0.5, 0.6) is 0 Å². The lowest BCUT2D eigenvalue weighted by atomic mass is 10.1. The van der Waals surface area contributed by atoms with Crippen molar-refractivity contribution >= 4 is 11.6 Å². The molecule has 2 rings (SSSR count). The van der Waals surface area contributed by atoms with E-state index in [9.17, 15) is 0 Å². The van der Waals surface area contributed by atoms with E-state index < -0.39 is 0 Å². The molecule has 1 aromatic heterocycles. The largest absolute Gasteiger partial charge is 0.366 e. The van der Waals surface area contributed by atoms with Crippen LogP contribution in [0.3, 0.4) is 0 Å². The van der Waals surface area contributed by atoms with Gasteiger partial charge in [0.2, 0.25) is 0 Å². The summed E-state index contributed by atoms with van der Waals surface area (Å²) in [6.45, 7) is 4.38. The first-order valence-corrected chi connectivity index (χ1v) is 7.00. The summed E-state index contributed by atoms with van der Waals surface area (Å²) < 4.78 is 0. The van der Waals surface area contributed by atoms with Gasteiger partial charge in [0.25, 0.3) is 0 Å². The number of piperidine rings is 1. The number of hydrazine groups is 1. The maximum Gasteiger partial charge on any atom is 0.148 e. The molecule has 19 heavy (non-hydrogen) atoms. The van der Waals surface area contributed by atoms with E-state index in [1.807, 2.05) is 0 Å². The third-order valence-electron chi connectivity index (χ3n) is 3.55. The highest BCUT2D eigenvalue weighted by atomic mass is 15.3. The van der Waals surface area contributed by atoms with Gasteiger partial charge in [-0.2, -0.15) is 0 Å². The summed E-state index contributed by atoms with van der Waals surface area (Å²) in [5.74, 6) is 7.18. The first-order valence-electron chi connectivity index (χ1n) is 7.00. The number of nitrogen functional groups attached to an aromatic ring is 1. The van der Waals surface area contributed by atoms with Crippen LogP contribution in [0.2, 0.25) is 0 Å². The molecular formula is C13H24N6. The Morgan fingerprint density at radius 1 is 1.42 bits per heavy atom. The van der Waals surface area contributed by atoms with Gasteiger partial charge in [0.15, 0.2) is 0 Å². The van der Waals surface area contributed by atoms with Crippen LogP contribution in [0.25, 0.3) is 0 Å². The second kappa shape index (κ2) is 6.68. The fraction of sp³-hybridized carbons (Fsp3) is 0.692. The van der Waals surface area contributed by atoms with E-state index in [1.54, 1.807) is 6.33 Å². The maximum atomic E-state index is 5.53. The molecule has 1 aromatic rings. The molecule has 1 aliphatic heterocycles. The van der Waals surface area contributed by atoms with Crippen LogP contribution in [0.1, 0.15) is 31.7 Å². The molecule has 1 unspecified atom stereocenters. The number of aromatic nitrogens is 2. The lowest BCUT2D eigenvalue weighted by molar-refractivity contribution is 0.260. The van der Waals surface area contributed by atoms with Gasteiger partial charge in [-0.15, -0.1) is 0 Å². The van der Waals surface area contributed by atoms with E-state index in [0.29, 0.717) is 6.04 Å². The van der Waals surface area contributed by atoms with Gasteiger partial charge in [-0.05, 0) is 32.9 Å². The van der Waals surface area contributed by atoms with Crippen LogP contribution in [0, 0.1) is 0 Å². The molecule has 1 aliphatic rings. The van der Waals surface area contributed by atoms with Gasteiger partial charge in [-0.3, -0.25) is 0 Å². The number of likely N-dealkylation sites (tertiary alicyclic amines) is 1. The van der Waals surface area contributed by atoms with Gasteiger partial charge in [-0.25, -0.2) is 15.8 Å². The Bertz CT molecular complexity index is 408. The summed E-state index contributed by atoms with van der Waals surface area (Å²) in [6.07, 6.45) is 5.94. The number of rotatable bonds is 5. The van der Waals surface area contributed by atoms with Crippen molar-refractivity contribution in [3.63, 3.8) is 0 Å². The molecule has 0 spiro atoms. The topological polar surface area (TPSA) is 79.1 Å². The Balaban J connectivity index is 2.14. The van der Waals surface area contributed by atoms with E-state index in [4.69, 9.17) is 5.84 Å². The van der Waals surface area contributed by atoms with E-state index >= 15 is 0 Å². The lowest BCUT2D eigenvalue weighted by Gasteiger charge is -2.31. The summed E-state index contributed by atoms with van der Waals surface area (Å²) in [5.41, 5.74) is 3.75. The summed E-state index contributed by atoms with van der Waals surface area (Å²) in [5, 5.41) is 3.55. The van der Waals surface area contributed by atoms with Crippen molar-refractivity contribution in [2.45, 2.75) is 38.6 Å². The van der Waals surface area contributed by atoms with Gasteiger partial charge in [-0.1, -0.05) is 13.3 Å². The molecule has 0 aromatic carbocycles. The first-order chi connectivity index (χ1) is 9.24. The Morgan fingerprint density at radius 3 is 2.89 bits per heavy atom. The Labute approximate surface area is 114 Å². The fourth-order valence-corrected chi connectivity index (χ4v) is 2.63. The quantitative estimate of drug-likeness (QED) is 0.548. The summed E-state index contributed by atoms with van der Waals surface area (Å²) >= 11 is 0. The Hall–Kier alpha value is -1.40. The summed E-state index contributed by atoms with van der Waals surface area (Å²) in [4.78, 5) is 10.9. The number of anilines is 2. The molecule has 0 aliphatic carbocycles. The van der Waals surface area contributed by atoms with Crippen molar-refractivity contribution in [2.24, 2.45) is 5.84 Å². The van der Waals surface area contributed by atoms with Crippen molar-refractivity contribution in [1.82, 2.24) is 14.9 Å². The molecule has 1 fully saturated rings. The highest BCUT2D eigenvalue weighted by Crippen LogP contribution is 2.23. The number of hydrogen-bond donors (Lipinski definition) is 3. The monoisotopic (exact) mass is 264 g/mol. The van der Waals surface area contributed by atoms with Gasteiger partial charge >= 0.3 is 0 Å². The zero-order valence-electron chi connectivity index (χ0n) is 11.8. The van der Waals surface area contributed by atoms with E-state index in [-0.39, 0.29) is 0 Å². The molecule has 0 radical (unpaired) electrons. The minimum absolute atomic E-state index is 0.454. The second-order valence-corrected chi connectivity index (χ2v) is 5.19. The average molecular weight is 264 g/mol. The van der Waals surface area contributed by atoms with Crippen LogP contribution in [0.15, 0.2) is 6.33 Å². The zero-order valence-corrected chi connectivity index (χ0v) is 11.8. The molecule has 1 atom stereocenters. The predicted molar refractivity (Wildman–Crippen MR) is 78.0 cm³/mol. The van der Waals surface area contributed by atoms with Gasteiger partial charge in [0.1, 0.15) is 18.0 Å². The number of nitrogens with zero attached hydrogens (tertiary/aromatic N) is 3. The third kappa shape index (κ3) is 3.54. The van der Waals surface area contributed by atoms with E-state index in [2.05, 4.69) is 39.6 Å². The summed E-state index contributed by atoms with van der Waals surface area (Å²) in [7, 11) is 2.16. The van der Waals surface area contributed by atoms with E-state index in [1.165, 1.54) is 19.4 Å². The number of nitrogens with one attached hydrogen (secondary N) is 2. The molecule has 4 N–H and O–H groups in total. The molecule has 2 heterocycles. The smallest absolute Gasteiger partial charge is 0.148 e. The lowest BCUT2D eigenvalue weighted by Crippen LogP contribution is -2.40. The maximum absolute atomic E-state index is 5.53. The molecule has 6 nitrogen and oxygen atoms in total. The molecule has 0 saturated carbocycles. The first kappa shape index (κ1) is 14.0. The molecule has 0 bridgehead atoms. The van der Waals surface area contributed by atoms with Crippen molar-refractivity contribution in [3.8, 4) is 0 Å². The fourth-order valence-electron chi connectivity index (χ4n) is 2.63. The van der Waals surface area contributed by atoms with Crippen LogP contribution in [-0.4, -0.2) is 41.0 Å². The van der Waals surface area contributed by atoms with Gasteiger partial charge in [0, 0.05) is 18.2 Å². The number of nitrogens with two attached hydrogens (primary N) is 1. The minimum Gasteiger partial charge on any atom is -0.366 e. The average Bonchev–Trinajstić information content (AvgIpc) is 2.41. The minimum atomic E-state index is 0.454. The third-order valence-corrected chi connectivity index (χ3v) is 3.55. The molecule has 1 saturated heterocycles. The van der Waals surface area contributed by atoms with Crippen LogP contribution in [-0.2, 0) is 6.42 Å². The Kier molecular flexibility index (Phi) is 4.93. The Morgan fingerprint density at radius 2 is 2.21 bits per heavy atom. The van der Waals surface area contributed by atoms with Crippen LogP contribution in [0.4, 0.5) is 11.6 Å². The standard InChI is InChI=1S/C13H24N6/c1-3-5-11-12(15-9-16-13(11)18-14)17-10-6-4-7-19(2)8-10/h9-10H,3-8,14H2,1-2H3,(H2,15,16,17,18). The highest BCUT2D eigenvalue weighted by molar-refractivity contribution is 5.57. The second-order valence-electron chi connectivity index (χ2n) is 5.19. The van der Waals surface area contributed by atoms with Gasteiger partial charge < -0.3 is 15.6 Å². The van der Waals surface area contributed by atoms with Crippen LogP contribution >= 0.6 is 0 Å². The molecular weight excluding hydrogens is 240 g/mol. The van der Waals surface area contributed by atoms with Crippen molar-refractivity contribution in [2.75, 3.05) is 30.9 Å². The van der Waals surface area contributed by atoms with E-state index in [0.717, 1.165) is 36.6 Å². The van der Waals surface area contributed by atoms with Crippen molar-refractivity contribution < 1.29 is 0 Å². The predicted octanol–water partition coefficient (Wildman–Crippen LogP) is 1.22. The number of hydrogen-bond acceptors (Lipinski definition) is 6. The zero-order chi connectivity index (χ0) is 13.7. The molecule has 106 valence electrons. The SMILES string of the molecule is CCCc1c(NN)ncnc1NC1CCCN(C)C1. The summed E-state index contributed by atoms with van der Waals surface area (Å²) in [6, 6.07) is 0.454.